The highest BCUT2D eigenvalue weighted by Crippen LogP contribution is 2.37. The molecule has 18 heavy (non-hydrogen) atoms. The van der Waals surface area contributed by atoms with Crippen molar-refractivity contribution in [1.29, 1.82) is 0 Å². The zero-order chi connectivity index (χ0) is 11.9. The zero-order valence-electron chi connectivity index (χ0n) is 10.5. The van der Waals surface area contributed by atoms with E-state index in [0.29, 0.717) is 6.17 Å². The van der Waals surface area contributed by atoms with Crippen LogP contribution in [0.1, 0.15) is 38.3 Å². The topological polar surface area (TPSA) is 33.7 Å². The van der Waals surface area contributed by atoms with Crippen LogP contribution in [0, 0.1) is 0 Å². The van der Waals surface area contributed by atoms with Gasteiger partial charge in [-0.25, -0.2) is 0 Å². The van der Waals surface area contributed by atoms with E-state index >= 15 is 0 Å². The molecule has 1 aromatic heterocycles. The van der Waals surface area contributed by atoms with Gasteiger partial charge in [0.2, 0.25) is 0 Å². The van der Waals surface area contributed by atoms with Crippen molar-refractivity contribution < 1.29 is 0 Å². The molecule has 2 fully saturated rings. The van der Waals surface area contributed by atoms with Crippen molar-refractivity contribution in [3.05, 3.63) is 24.3 Å². The summed E-state index contributed by atoms with van der Waals surface area (Å²) in [6, 6.07) is 8.89. The van der Waals surface area contributed by atoms with Crippen LogP contribution in [-0.4, -0.2) is 32.5 Å². The predicted octanol–water partition coefficient (Wildman–Crippen LogP) is 2.58. The molecule has 1 saturated carbocycles. The lowest BCUT2D eigenvalue weighted by molar-refractivity contribution is 0.253. The van der Waals surface area contributed by atoms with Gasteiger partial charge in [-0.15, -0.1) is 0 Å². The fourth-order valence-corrected chi connectivity index (χ4v) is 3.16. The normalized spacial score (nSPS) is 28.7. The molecule has 1 aliphatic heterocycles. The maximum Gasteiger partial charge on any atom is 0.137 e. The summed E-state index contributed by atoms with van der Waals surface area (Å²) >= 11 is 0. The van der Waals surface area contributed by atoms with Crippen molar-refractivity contribution >= 4 is 11.0 Å². The Balaban J connectivity index is 1.54. The molecule has 4 nitrogen and oxygen atoms in total. The van der Waals surface area contributed by atoms with E-state index < -0.39 is 0 Å². The lowest BCUT2D eigenvalue weighted by atomic mass is 9.95. The minimum Gasteiger partial charge on any atom is -0.273 e. The average molecular weight is 242 g/mol. The summed E-state index contributed by atoms with van der Waals surface area (Å²) < 4.78 is 0. The van der Waals surface area contributed by atoms with Gasteiger partial charge in [-0.2, -0.15) is 15.0 Å². The molecule has 2 atom stereocenters. The van der Waals surface area contributed by atoms with E-state index in [4.69, 9.17) is 0 Å². The summed E-state index contributed by atoms with van der Waals surface area (Å²) in [4.78, 5) is 4.47. The van der Waals surface area contributed by atoms with Crippen LogP contribution in [0.25, 0.3) is 11.0 Å². The van der Waals surface area contributed by atoms with Crippen LogP contribution >= 0.6 is 0 Å². The first-order valence-corrected chi connectivity index (χ1v) is 6.99. The van der Waals surface area contributed by atoms with E-state index in [-0.39, 0.29) is 0 Å². The maximum absolute atomic E-state index is 4.58. The number of nitrogens with zero attached hydrogens (tertiary/aromatic N) is 4. The Morgan fingerprint density at radius 2 is 1.61 bits per heavy atom. The Kier molecular flexibility index (Phi) is 2.36. The SMILES string of the molecule is c1ccc2nn([C@H]3CN3C3CCCCC3)nc2c1. The van der Waals surface area contributed by atoms with E-state index in [1.54, 1.807) is 0 Å². The van der Waals surface area contributed by atoms with Crippen molar-refractivity contribution in [2.45, 2.75) is 44.3 Å². The summed E-state index contributed by atoms with van der Waals surface area (Å²) in [7, 11) is 0. The molecule has 4 heteroatoms. The lowest BCUT2D eigenvalue weighted by Crippen LogP contribution is -2.23. The van der Waals surface area contributed by atoms with E-state index in [9.17, 15) is 0 Å². The molecule has 1 unspecified atom stereocenters. The third kappa shape index (κ3) is 1.72. The highest BCUT2D eigenvalue weighted by Gasteiger charge is 2.42. The lowest BCUT2D eigenvalue weighted by Gasteiger charge is -2.23. The Morgan fingerprint density at radius 1 is 0.944 bits per heavy atom. The molecule has 0 spiro atoms. The fourth-order valence-electron chi connectivity index (χ4n) is 3.16. The molecule has 94 valence electrons. The second-order valence-corrected chi connectivity index (χ2v) is 5.48. The van der Waals surface area contributed by atoms with Gasteiger partial charge < -0.3 is 0 Å². The maximum atomic E-state index is 4.58. The molecule has 0 N–H and O–H groups in total. The van der Waals surface area contributed by atoms with Crippen LogP contribution in [0.2, 0.25) is 0 Å². The predicted molar refractivity (Wildman–Crippen MR) is 70.1 cm³/mol. The van der Waals surface area contributed by atoms with Gasteiger partial charge in [0.05, 0.1) is 0 Å². The monoisotopic (exact) mass is 242 g/mol. The van der Waals surface area contributed by atoms with E-state index in [2.05, 4.69) is 15.1 Å². The Hall–Kier alpha value is -1.42. The molecular weight excluding hydrogens is 224 g/mol. The summed E-state index contributed by atoms with van der Waals surface area (Å²) in [5, 5.41) is 9.17. The van der Waals surface area contributed by atoms with Crippen LogP contribution in [0.5, 0.6) is 0 Å². The molecule has 0 radical (unpaired) electrons. The van der Waals surface area contributed by atoms with Crippen molar-refractivity contribution in [2.24, 2.45) is 0 Å². The van der Waals surface area contributed by atoms with Crippen LogP contribution in [0.15, 0.2) is 24.3 Å². The van der Waals surface area contributed by atoms with Gasteiger partial charge in [-0.1, -0.05) is 31.4 Å². The quantitative estimate of drug-likeness (QED) is 0.759. The van der Waals surface area contributed by atoms with Gasteiger partial charge in [-0.05, 0) is 25.0 Å². The van der Waals surface area contributed by atoms with Crippen molar-refractivity contribution in [3.63, 3.8) is 0 Å². The number of rotatable bonds is 2. The first-order valence-electron chi connectivity index (χ1n) is 6.99. The van der Waals surface area contributed by atoms with E-state index in [0.717, 1.165) is 23.6 Å². The highest BCUT2D eigenvalue weighted by atomic mass is 15.6. The third-order valence-corrected chi connectivity index (χ3v) is 4.24. The summed E-state index contributed by atoms with van der Waals surface area (Å²) in [5.41, 5.74) is 2.01. The molecule has 2 heterocycles. The largest absolute Gasteiger partial charge is 0.273 e. The smallest absolute Gasteiger partial charge is 0.137 e. The molecule has 2 aliphatic rings. The first kappa shape index (κ1) is 10.5. The van der Waals surface area contributed by atoms with E-state index in [1.807, 2.05) is 29.1 Å². The van der Waals surface area contributed by atoms with Crippen LogP contribution in [0.3, 0.4) is 0 Å². The number of hydrogen-bond acceptors (Lipinski definition) is 3. The van der Waals surface area contributed by atoms with Gasteiger partial charge in [0.25, 0.3) is 0 Å². The second-order valence-electron chi connectivity index (χ2n) is 5.48. The van der Waals surface area contributed by atoms with Crippen LogP contribution in [0.4, 0.5) is 0 Å². The van der Waals surface area contributed by atoms with Crippen LogP contribution < -0.4 is 0 Å². The molecule has 2 aromatic rings. The first-order chi connectivity index (χ1) is 8.92. The number of aromatic nitrogens is 3. The Labute approximate surface area is 107 Å². The zero-order valence-corrected chi connectivity index (χ0v) is 10.5. The molecule has 0 amide bonds. The molecular formula is C14H18N4. The number of hydrogen-bond donors (Lipinski definition) is 0. The molecule has 1 saturated heterocycles. The van der Waals surface area contributed by atoms with Gasteiger partial charge in [0, 0.05) is 12.6 Å². The summed E-state index contributed by atoms with van der Waals surface area (Å²) in [6.45, 7) is 1.13. The Bertz CT molecular complexity index is 523. The van der Waals surface area contributed by atoms with Gasteiger partial charge >= 0.3 is 0 Å². The van der Waals surface area contributed by atoms with Crippen LogP contribution in [-0.2, 0) is 0 Å². The van der Waals surface area contributed by atoms with Gasteiger partial charge in [-0.3, -0.25) is 4.90 Å². The van der Waals surface area contributed by atoms with Gasteiger partial charge in [0.1, 0.15) is 17.2 Å². The summed E-state index contributed by atoms with van der Waals surface area (Å²) in [6.07, 6.45) is 7.33. The molecule has 4 rings (SSSR count). The minimum atomic E-state index is 0.417. The average Bonchev–Trinajstić information content (AvgIpc) is 3.12. The van der Waals surface area contributed by atoms with Crippen molar-refractivity contribution in [1.82, 2.24) is 19.9 Å². The fraction of sp³-hybridized carbons (Fsp3) is 0.571. The van der Waals surface area contributed by atoms with Gasteiger partial charge in [0.15, 0.2) is 0 Å². The molecule has 0 bridgehead atoms. The van der Waals surface area contributed by atoms with E-state index in [1.165, 1.54) is 32.1 Å². The second kappa shape index (κ2) is 4.05. The summed E-state index contributed by atoms with van der Waals surface area (Å²) in [5.74, 6) is 0. The molecule has 1 aliphatic carbocycles. The number of fused-ring (bicyclic) bond motifs is 1. The molecule has 1 aromatic carbocycles. The Morgan fingerprint density at radius 3 is 2.28 bits per heavy atom. The third-order valence-electron chi connectivity index (χ3n) is 4.24. The minimum absolute atomic E-state index is 0.417. The standard InChI is InChI=1S/C14H18N4/c1-2-6-11(7-3-1)17-10-14(17)18-15-12-8-4-5-9-13(12)16-18/h4-5,8-9,11,14H,1-3,6-7,10H2/t14-,17?/m0/s1. The van der Waals surface area contributed by atoms with Crippen molar-refractivity contribution in [3.8, 4) is 0 Å². The van der Waals surface area contributed by atoms with Crippen molar-refractivity contribution in [2.75, 3.05) is 6.54 Å². The highest BCUT2D eigenvalue weighted by molar-refractivity contribution is 5.73. The number of benzene rings is 1.